The summed E-state index contributed by atoms with van der Waals surface area (Å²) in [5.74, 6) is 0.582. The van der Waals surface area contributed by atoms with Gasteiger partial charge in [-0.15, -0.1) is 0 Å². The molecule has 0 aromatic heterocycles. The summed E-state index contributed by atoms with van der Waals surface area (Å²) in [7, 11) is -1.98. The largest absolute Gasteiger partial charge is 0.543 e. The molecule has 0 aliphatic heterocycles. The molecule has 19 heavy (non-hydrogen) atoms. The summed E-state index contributed by atoms with van der Waals surface area (Å²) in [4.78, 5) is 13.6. The van der Waals surface area contributed by atoms with E-state index in [1.807, 2.05) is 0 Å². The Morgan fingerprint density at radius 1 is 1.32 bits per heavy atom. The van der Waals surface area contributed by atoms with Crippen LogP contribution in [0.2, 0.25) is 18.1 Å². The van der Waals surface area contributed by atoms with E-state index in [1.54, 1.807) is 12.1 Å². The van der Waals surface area contributed by atoms with Crippen LogP contribution in [0.1, 0.15) is 31.1 Å². The number of nitrogens with zero attached hydrogens (tertiary/aromatic N) is 3. The minimum atomic E-state index is -1.98. The molecule has 0 fully saturated rings. The normalized spacial score (nSPS) is 11.6. The van der Waals surface area contributed by atoms with Crippen LogP contribution in [-0.4, -0.2) is 14.6 Å². The second kappa shape index (κ2) is 5.46. The first-order valence-electron chi connectivity index (χ1n) is 6.04. The van der Waals surface area contributed by atoms with Crippen molar-refractivity contribution in [3.8, 4) is 5.75 Å². The molecule has 0 N–H and O–H groups in total. The van der Waals surface area contributed by atoms with Gasteiger partial charge in [0.1, 0.15) is 12.0 Å². The SMILES string of the molecule is CC(C)(C)[Si](C)(C)Oc1cc(C=O)cc(N=[N+]=[N-])c1. The first-order chi connectivity index (χ1) is 8.69. The summed E-state index contributed by atoms with van der Waals surface area (Å²) in [6, 6.07) is 4.86. The molecule has 0 saturated heterocycles. The van der Waals surface area contributed by atoms with Gasteiger partial charge in [-0.3, -0.25) is 4.79 Å². The highest BCUT2D eigenvalue weighted by Crippen LogP contribution is 2.38. The Morgan fingerprint density at radius 2 is 1.95 bits per heavy atom. The van der Waals surface area contributed by atoms with E-state index in [9.17, 15) is 4.79 Å². The van der Waals surface area contributed by atoms with Gasteiger partial charge in [-0.1, -0.05) is 25.9 Å². The van der Waals surface area contributed by atoms with Crippen LogP contribution in [0.4, 0.5) is 5.69 Å². The zero-order chi connectivity index (χ0) is 14.7. The zero-order valence-electron chi connectivity index (χ0n) is 12.0. The predicted octanol–water partition coefficient (Wildman–Crippen LogP) is 4.82. The van der Waals surface area contributed by atoms with Crippen LogP contribution in [0.15, 0.2) is 23.3 Å². The smallest absolute Gasteiger partial charge is 0.250 e. The van der Waals surface area contributed by atoms with E-state index in [2.05, 4.69) is 43.9 Å². The Bertz CT molecular complexity index is 529. The third-order valence-corrected chi connectivity index (χ3v) is 7.75. The van der Waals surface area contributed by atoms with E-state index in [4.69, 9.17) is 9.96 Å². The maximum atomic E-state index is 10.9. The van der Waals surface area contributed by atoms with Crippen LogP contribution in [-0.2, 0) is 0 Å². The molecule has 102 valence electrons. The first kappa shape index (κ1) is 15.3. The van der Waals surface area contributed by atoms with Gasteiger partial charge < -0.3 is 4.43 Å². The molecular weight excluding hydrogens is 258 g/mol. The summed E-state index contributed by atoms with van der Waals surface area (Å²) < 4.78 is 6.09. The van der Waals surface area contributed by atoms with Crippen molar-refractivity contribution in [1.29, 1.82) is 0 Å². The number of aldehydes is 1. The Kier molecular flexibility index (Phi) is 4.39. The van der Waals surface area contributed by atoms with Crippen LogP contribution >= 0.6 is 0 Å². The van der Waals surface area contributed by atoms with Crippen molar-refractivity contribution < 1.29 is 9.22 Å². The van der Waals surface area contributed by atoms with Crippen LogP contribution in [0, 0.1) is 0 Å². The lowest BCUT2D eigenvalue weighted by atomic mass is 10.2. The van der Waals surface area contributed by atoms with E-state index in [0.29, 0.717) is 17.0 Å². The van der Waals surface area contributed by atoms with Crippen LogP contribution in [0.25, 0.3) is 10.4 Å². The van der Waals surface area contributed by atoms with E-state index in [-0.39, 0.29) is 5.04 Å². The maximum Gasteiger partial charge on any atom is 0.250 e. The number of carbonyl (C=O) groups excluding carboxylic acids is 1. The zero-order valence-corrected chi connectivity index (χ0v) is 13.0. The van der Waals surface area contributed by atoms with Crippen LogP contribution in [0.5, 0.6) is 5.75 Å². The van der Waals surface area contributed by atoms with Gasteiger partial charge in [0.25, 0.3) is 0 Å². The summed E-state index contributed by atoms with van der Waals surface area (Å²) in [5.41, 5.74) is 9.31. The molecule has 0 spiro atoms. The number of hydrogen-bond acceptors (Lipinski definition) is 3. The van der Waals surface area contributed by atoms with E-state index in [1.165, 1.54) is 6.07 Å². The standard InChI is InChI=1S/C13H19N3O2Si/c1-13(2,3)19(4,5)18-12-7-10(9-17)6-11(8-12)15-16-14/h6-9H,1-5H3. The molecule has 0 unspecified atom stereocenters. The number of carbonyl (C=O) groups is 1. The molecule has 0 heterocycles. The lowest BCUT2D eigenvalue weighted by Crippen LogP contribution is -2.43. The summed E-state index contributed by atoms with van der Waals surface area (Å²) in [6.07, 6.45) is 0.717. The monoisotopic (exact) mass is 277 g/mol. The fourth-order valence-corrected chi connectivity index (χ4v) is 2.30. The lowest BCUT2D eigenvalue weighted by Gasteiger charge is -2.36. The molecule has 1 rings (SSSR count). The minimum absolute atomic E-state index is 0.0584. The summed E-state index contributed by atoms with van der Waals surface area (Å²) in [5, 5.41) is 3.58. The van der Waals surface area contributed by atoms with Crippen molar-refractivity contribution in [3.63, 3.8) is 0 Å². The molecule has 5 nitrogen and oxygen atoms in total. The number of benzene rings is 1. The molecule has 1 aromatic rings. The van der Waals surface area contributed by atoms with Crippen LogP contribution in [0.3, 0.4) is 0 Å². The fourth-order valence-electron chi connectivity index (χ4n) is 1.29. The number of azide groups is 1. The van der Waals surface area contributed by atoms with E-state index in [0.717, 1.165) is 6.29 Å². The molecule has 0 atom stereocenters. The van der Waals surface area contributed by atoms with Crippen molar-refractivity contribution in [2.24, 2.45) is 5.11 Å². The number of hydrogen-bond donors (Lipinski definition) is 0. The number of rotatable bonds is 4. The molecule has 0 bridgehead atoms. The lowest BCUT2D eigenvalue weighted by molar-refractivity contribution is 0.112. The Balaban J connectivity index is 3.17. The van der Waals surface area contributed by atoms with Crippen molar-refractivity contribution in [2.45, 2.75) is 38.9 Å². The Morgan fingerprint density at radius 3 is 2.42 bits per heavy atom. The molecule has 0 amide bonds. The topological polar surface area (TPSA) is 75.1 Å². The molecule has 0 saturated carbocycles. The highest BCUT2D eigenvalue weighted by molar-refractivity contribution is 6.74. The van der Waals surface area contributed by atoms with Crippen molar-refractivity contribution in [3.05, 3.63) is 34.2 Å². The average Bonchev–Trinajstić information content (AvgIpc) is 2.26. The molecule has 6 heteroatoms. The van der Waals surface area contributed by atoms with Crippen LogP contribution < -0.4 is 4.43 Å². The van der Waals surface area contributed by atoms with Gasteiger partial charge in [0.05, 0.1) is 0 Å². The van der Waals surface area contributed by atoms with Gasteiger partial charge in [0, 0.05) is 16.2 Å². The summed E-state index contributed by atoms with van der Waals surface area (Å²) >= 11 is 0. The van der Waals surface area contributed by atoms with Gasteiger partial charge in [0.15, 0.2) is 0 Å². The third-order valence-electron chi connectivity index (χ3n) is 3.39. The fraction of sp³-hybridized carbons (Fsp3) is 0.462. The minimum Gasteiger partial charge on any atom is -0.543 e. The molecule has 0 radical (unpaired) electrons. The summed E-state index contributed by atoms with van der Waals surface area (Å²) in [6.45, 7) is 10.6. The maximum absolute atomic E-state index is 10.9. The average molecular weight is 277 g/mol. The highest BCUT2D eigenvalue weighted by atomic mass is 28.4. The van der Waals surface area contributed by atoms with Gasteiger partial charge in [0.2, 0.25) is 8.32 Å². The van der Waals surface area contributed by atoms with Gasteiger partial charge in [-0.2, -0.15) is 0 Å². The van der Waals surface area contributed by atoms with E-state index >= 15 is 0 Å². The second-order valence-electron chi connectivity index (χ2n) is 5.93. The van der Waals surface area contributed by atoms with Crippen molar-refractivity contribution in [1.82, 2.24) is 0 Å². The second-order valence-corrected chi connectivity index (χ2v) is 10.7. The van der Waals surface area contributed by atoms with Gasteiger partial charge in [-0.25, -0.2) is 0 Å². The Hall–Kier alpha value is -1.78. The molecule has 1 aromatic carbocycles. The molecular formula is C13H19N3O2Si. The van der Waals surface area contributed by atoms with Crippen molar-refractivity contribution in [2.75, 3.05) is 0 Å². The van der Waals surface area contributed by atoms with Gasteiger partial charge >= 0.3 is 0 Å². The quantitative estimate of drug-likeness (QED) is 0.260. The predicted molar refractivity (Wildman–Crippen MR) is 78.5 cm³/mol. The third kappa shape index (κ3) is 3.84. The molecule has 0 aliphatic rings. The van der Waals surface area contributed by atoms with Gasteiger partial charge in [-0.05, 0) is 41.9 Å². The van der Waals surface area contributed by atoms with E-state index < -0.39 is 8.32 Å². The first-order valence-corrected chi connectivity index (χ1v) is 8.95. The van der Waals surface area contributed by atoms with Crippen molar-refractivity contribution >= 4 is 20.3 Å². The highest BCUT2D eigenvalue weighted by Gasteiger charge is 2.39. The Labute approximate surface area is 114 Å². The molecule has 0 aliphatic carbocycles.